The number of thiazole rings is 1. The average Bonchev–Trinajstić information content (AvgIpc) is 3.07. The van der Waals surface area contributed by atoms with E-state index < -0.39 is 17.9 Å². The standard InChI is InChI=1S/C18H17NO6S3/c1-4-25-10-7-8(5-6-9(10)20)11-12(16(21)23-2)14(17(22)24-3)27-15-13(11)28-18(26)19-15/h5-7,11,20H,4H2,1-3H3,(H,19,26). The maximum Gasteiger partial charge on any atom is 0.345 e. The molecule has 28 heavy (non-hydrogen) atoms. The summed E-state index contributed by atoms with van der Waals surface area (Å²) in [7, 11) is 2.50. The van der Waals surface area contributed by atoms with Crippen LogP contribution in [0.5, 0.6) is 11.5 Å². The molecule has 0 spiro atoms. The number of hydrogen-bond acceptors (Lipinski definition) is 9. The normalized spacial score (nSPS) is 15.8. The molecule has 7 nitrogen and oxygen atoms in total. The molecule has 0 aliphatic carbocycles. The van der Waals surface area contributed by atoms with Crippen molar-refractivity contribution in [1.29, 1.82) is 0 Å². The first kappa shape index (κ1) is 20.4. The molecule has 10 heteroatoms. The molecule has 0 amide bonds. The lowest BCUT2D eigenvalue weighted by atomic mass is 9.88. The van der Waals surface area contributed by atoms with Crippen LogP contribution in [0.25, 0.3) is 0 Å². The Labute approximate surface area is 174 Å². The van der Waals surface area contributed by atoms with E-state index in [1.165, 1.54) is 31.6 Å². The average molecular weight is 440 g/mol. The van der Waals surface area contributed by atoms with E-state index in [1.54, 1.807) is 19.1 Å². The summed E-state index contributed by atoms with van der Waals surface area (Å²) in [6.45, 7) is 2.16. The second kappa shape index (κ2) is 8.38. The van der Waals surface area contributed by atoms with Gasteiger partial charge in [-0.25, -0.2) is 9.59 Å². The second-order valence-electron chi connectivity index (χ2n) is 5.63. The van der Waals surface area contributed by atoms with Gasteiger partial charge in [0, 0.05) is 0 Å². The topological polar surface area (TPSA) is 97.9 Å². The summed E-state index contributed by atoms with van der Waals surface area (Å²) < 4.78 is 15.8. The summed E-state index contributed by atoms with van der Waals surface area (Å²) >= 11 is 7.67. The molecule has 2 heterocycles. The van der Waals surface area contributed by atoms with Crippen molar-refractivity contribution in [2.45, 2.75) is 17.9 Å². The molecule has 3 rings (SSSR count). The third-order valence-corrected chi connectivity index (χ3v) is 6.58. The number of carbonyl (C=O) groups is 2. The highest BCUT2D eigenvalue weighted by atomic mass is 32.2. The van der Waals surface area contributed by atoms with Crippen LogP contribution in [0.3, 0.4) is 0 Å². The number of ether oxygens (including phenoxy) is 3. The first-order valence-corrected chi connectivity index (χ1v) is 10.2. The molecule has 2 N–H and O–H groups in total. The van der Waals surface area contributed by atoms with Gasteiger partial charge in [0.15, 0.2) is 15.5 Å². The first-order chi connectivity index (χ1) is 13.4. The number of hydrogen-bond donors (Lipinski definition) is 2. The van der Waals surface area contributed by atoms with E-state index in [0.717, 1.165) is 16.6 Å². The first-order valence-electron chi connectivity index (χ1n) is 8.18. The molecule has 1 unspecified atom stereocenters. The van der Waals surface area contributed by atoms with Crippen molar-refractivity contribution < 1.29 is 28.9 Å². The van der Waals surface area contributed by atoms with Gasteiger partial charge >= 0.3 is 11.9 Å². The fourth-order valence-electron chi connectivity index (χ4n) is 2.88. The lowest BCUT2D eigenvalue weighted by Crippen LogP contribution is -2.22. The molecule has 1 aliphatic rings. The molecular formula is C18H17NO6S3. The lowest BCUT2D eigenvalue weighted by molar-refractivity contribution is -0.139. The molecule has 0 radical (unpaired) electrons. The molecule has 0 saturated heterocycles. The second-order valence-corrected chi connectivity index (χ2v) is 8.37. The zero-order chi connectivity index (χ0) is 20.4. The van der Waals surface area contributed by atoms with Crippen molar-refractivity contribution in [3.05, 3.63) is 43.1 Å². The van der Waals surface area contributed by atoms with Crippen molar-refractivity contribution in [3.63, 3.8) is 0 Å². The quantitative estimate of drug-likeness (QED) is 0.537. The van der Waals surface area contributed by atoms with Crippen LogP contribution in [0.4, 0.5) is 0 Å². The Bertz CT molecular complexity index is 1020. The fourth-order valence-corrected chi connectivity index (χ4v) is 5.55. The molecule has 0 saturated carbocycles. The van der Waals surface area contributed by atoms with Gasteiger partial charge in [0.1, 0.15) is 4.91 Å². The van der Waals surface area contributed by atoms with Gasteiger partial charge in [-0.2, -0.15) is 0 Å². The van der Waals surface area contributed by atoms with Crippen molar-refractivity contribution in [3.8, 4) is 11.5 Å². The van der Waals surface area contributed by atoms with Crippen molar-refractivity contribution in [2.24, 2.45) is 0 Å². The number of phenolic OH excluding ortho intramolecular Hbond substituents is 1. The number of methoxy groups -OCH3 is 2. The van der Waals surface area contributed by atoms with Crippen LogP contribution in [0.15, 0.2) is 33.7 Å². The number of fused-ring (bicyclic) bond motifs is 1. The number of nitrogens with one attached hydrogen (secondary N) is 1. The van der Waals surface area contributed by atoms with Crippen LogP contribution in [0, 0.1) is 3.95 Å². The number of H-pyrrole nitrogens is 1. The molecule has 148 valence electrons. The summed E-state index contributed by atoms with van der Waals surface area (Å²) in [4.78, 5) is 29.0. The minimum Gasteiger partial charge on any atom is -0.504 e. The molecule has 1 aromatic carbocycles. The third-order valence-electron chi connectivity index (χ3n) is 4.03. The van der Waals surface area contributed by atoms with Crippen LogP contribution in [0.1, 0.15) is 23.3 Å². The van der Waals surface area contributed by atoms with Crippen LogP contribution >= 0.6 is 35.3 Å². The van der Waals surface area contributed by atoms with Gasteiger partial charge in [-0.05, 0) is 36.8 Å². The van der Waals surface area contributed by atoms with Crippen LogP contribution in [0.2, 0.25) is 0 Å². The zero-order valence-corrected chi connectivity index (χ0v) is 17.7. The number of phenols is 1. The van der Waals surface area contributed by atoms with E-state index >= 15 is 0 Å². The van der Waals surface area contributed by atoms with E-state index in [9.17, 15) is 14.7 Å². The number of aromatic amines is 1. The lowest BCUT2D eigenvalue weighted by Gasteiger charge is -2.26. The van der Waals surface area contributed by atoms with Gasteiger partial charge in [0.05, 0.1) is 42.2 Å². The molecule has 1 aromatic heterocycles. The van der Waals surface area contributed by atoms with Gasteiger partial charge in [0.25, 0.3) is 0 Å². The predicted octanol–water partition coefficient (Wildman–Crippen LogP) is 3.75. The van der Waals surface area contributed by atoms with Crippen molar-refractivity contribution >= 4 is 47.3 Å². The molecular weight excluding hydrogens is 422 g/mol. The van der Waals surface area contributed by atoms with Gasteiger partial charge in [0.2, 0.25) is 0 Å². The predicted molar refractivity (Wildman–Crippen MR) is 108 cm³/mol. The number of thioether (sulfide) groups is 1. The van der Waals surface area contributed by atoms with Crippen LogP contribution in [-0.2, 0) is 19.1 Å². The van der Waals surface area contributed by atoms with Crippen LogP contribution < -0.4 is 4.74 Å². The van der Waals surface area contributed by atoms with Gasteiger partial charge in [-0.3, -0.25) is 0 Å². The zero-order valence-electron chi connectivity index (χ0n) is 15.2. The summed E-state index contributed by atoms with van der Waals surface area (Å²) in [5.74, 6) is -1.66. The summed E-state index contributed by atoms with van der Waals surface area (Å²) in [6.07, 6.45) is 0. The number of carbonyl (C=O) groups excluding carboxylic acids is 2. The Morgan fingerprint density at radius 2 is 1.96 bits per heavy atom. The van der Waals surface area contributed by atoms with E-state index in [-0.39, 0.29) is 22.0 Å². The fraction of sp³-hybridized carbons (Fsp3) is 0.278. The minimum absolute atomic E-state index is 0.0190. The van der Waals surface area contributed by atoms with Crippen molar-refractivity contribution in [1.82, 2.24) is 4.98 Å². The van der Waals surface area contributed by atoms with Gasteiger partial charge in [-0.1, -0.05) is 17.8 Å². The Hall–Kier alpha value is -2.30. The van der Waals surface area contributed by atoms with E-state index in [4.69, 9.17) is 26.4 Å². The molecule has 1 aliphatic heterocycles. The third kappa shape index (κ3) is 3.67. The Kier molecular flexibility index (Phi) is 6.11. The highest BCUT2D eigenvalue weighted by molar-refractivity contribution is 8.04. The smallest absolute Gasteiger partial charge is 0.345 e. The SMILES string of the molecule is CCOc1cc(C2C(C(=O)OC)=C(C(=O)OC)Sc3[nH]c(=S)sc32)ccc1O. The van der Waals surface area contributed by atoms with Gasteiger partial charge < -0.3 is 24.3 Å². The van der Waals surface area contributed by atoms with Crippen LogP contribution in [-0.4, -0.2) is 42.9 Å². The summed E-state index contributed by atoms with van der Waals surface area (Å²) in [5, 5.41) is 10.7. The summed E-state index contributed by atoms with van der Waals surface area (Å²) in [6, 6.07) is 4.80. The number of esters is 2. The molecule has 2 aromatic rings. The Balaban J connectivity index is 2.28. The molecule has 0 fully saturated rings. The minimum atomic E-state index is -0.645. The maximum absolute atomic E-state index is 12.7. The van der Waals surface area contributed by atoms with Gasteiger partial charge in [-0.15, -0.1) is 11.3 Å². The monoisotopic (exact) mass is 439 g/mol. The molecule has 1 atom stereocenters. The largest absolute Gasteiger partial charge is 0.504 e. The van der Waals surface area contributed by atoms with E-state index in [0.29, 0.717) is 21.2 Å². The Morgan fingerprint density at radius 3 is 2.61 bits per heavy atom. The van der Waals surface area contributed by atoms with Crippen molar-refractivity contribution in [2.75, 3.05) is 20.8 Å². The number of aromatic nitrogens is 1. The maximum atomic E-state index is 12.7. The summed E-state index contributed by atoms with van der Waals surface area (Å²) in [5.41, 5.74) is 0.806. The highest BCUT2D eigenvalue weighted by Crippen LogP contribution is 2.50. The number of benzene rings is 1. The Morgan fingerprint density at radius 1 is 1.25 bits per heavy atom. The van der Waals surface area contributed by atoms with E-state index in [2.05, 4.69) is 4.98 Å². The van der Waals surface area contributed by atoms with E-state index in [1.807, 2.05) is 0 Å². The number of rotatable bonds is 5. The number of aromatic hydroxyl groups is 1. The molecule has 0 bridgehead atoms. The highest BCUT2D eigenvalue weighted by Gasteiger charge is 2.39.